The molecule has 0 bridgehead atoms. The van der Waals surface area contributed by atoms with Crippen molar-refractivity contribution in [2.75, 3.05) is 20.6 Å². The lowest BCUT2D eigenvalue weighted by molar-refractivity contribution is -0.127. The largest absolute Gasteiger partial charge is 0.354 e. The van der Waals surface area contributed by atoms with Gasteiger partial charge in [-0.3, -0.25) is 4.79 Å². The highest BCUT2D eigenvalue weighted by atomic mass is 127. The van der Waals surface area contributed by atoms with Gasteiger partial charge in [-0.25, -0.2) is 4.99 Å². The van der Waals surface area contributed by atoms with Gasteiger partial charge < -0.3 is 15.5 Å². The van der Waals surface area contributed by atoms with Gasteiger partial charge in [0.05, 0.1) is 6.54 Å². The van der Waals surface area contributed by atoms with Crippen molar-refractivity contribution in [1.29, 1.82) is 0 Å². The predicted molar refractivity (Wildman–Crippen MR) is 119 cm³/mol. The first-order chi connectivity index (χ1) is 12.1. The molecule has 26 heavy (non-hydrogen) atoms. The van der Waals surface area contributed by atoms with Crippen molar-refractivity contribution in [3.63, 3.8) is 0 Å². The average Bonchev–Trinajstić information content (AvgIpc) is 3.27. The van der Waals surface area contributed by atoms with Crippen LogP contribution in [0.25, 0.3) is 0 Å². The van der Waals surface area contributed by atoms with Gasteiger partial charge in [-0.2, -0.15) is 0 Å². The monoisotopic (exact) mass is 490 g/mol. The van der Waals surface area contributed by atoms with Crippen LogP contribution >= 0.6 is 35.3 Å². The van der Waals surface area contributed by atoms with Crippen LogP contribution in [0.1, 0.15) is 43.4 Å². The molecule has 146 valence electrons. The van der Waals surface area contributed by atoms with Crippen molar-refractivity contribution in [1.82, 2.24) is 15.5 Å². The molecule has 0 aromatic carbocycles. The fourth-order valence-corrected chi connectivity index (χ4v) is 4.70. The summed E-state index contributed by atoms with van der Waals surface area (Å²) in [7, 11) is 3.54. The first-order valence-electron chi connectivity index (χ1n) is 9.39. The van der Waals surface area contributed by atoms with Gasteiger partial charge in [0, 0.05) is 25.0 Å². The quantitative estimate of drug-likeness (QED) is 0.378. The van der Waals surface area contributed by atoms with Gasteiger partial charge in [0.1, 0.15) is 6.54 Å². The molecule has 2 aliphatic carbocycles. The van der Waals surface area contributed by atoms with E-state index in [-0.39, 0.29) is 36.4 Å². The summed E-state index contributed by atoms with van der Waals surface area (Å²) in [5, 5.41) is 9.08. The second kappa shape index (κ2) is 10.5. The minimum Gasteiger partial charge on any atom is -0.354 e. The molecule has 3 atom stereocenters. The van der Waals surface area contributed by atoms with E-state index < -0.39 is 0 Å². The Bertz CT molecular complexity index is 590. The number of guanidine groups is 1. The van der Waals surface area contributed by atoms with Crippen molar-refractivity contribution in [2.45, 2.75) is 51.1 Å². The summed E-state index contributed by atoms with van der Waals surface area (Å²) in [5.74, 6) is 2.63. The third kappa shape index (κ3) is 6.11. The summed E-state index contributed by atoms with van der Waals surface area (Å²) in [6.45, 7) is 0.934. The Kier molecular flexibility index (Phi) is 8.66. The van der Waals surface area contributed by atoms with E-state index in [1.807, 2.05) is 0 Å². The third-order valence-corrected chi connectivity index (χ3v) is 6.39. The van der Waals surface area contributed by atoms with E-state index in [1.165, 1.54) is 43.4 Å². The molecule has 1 heterocycles. The Labute approximate surface area is 178 Å². The second-order valence-electron chi connectivity index (χ2n) is 7.49. The molecule has 1 aromatic rings. The van der Waals surface area contributed by atoms with E-state index in [2.05, 4.69) is 33.1 Å². The highest BCUT2D eigenvalue weighted by molar-refractivity contribution is 14.0. The minimum absolute atomic E-state index is 0. The SMILES string of the molecule is CN(C)C(=O)CN=C(NCc1cccs1)NC1CCC2CCCC2C1.I. The molecule has 3 rings (SSSR count). The average molecular weight is 490 g/mol. The van der Waals surface area contributed by atoms with E-state index in [0.717, 1.165) is 24.3 Å². The zero-order valence-corrected chi connectivity index (χ0v) is 18.9. The van der Waals surface area contributed by atoms with Crippen molar-refractivity contribution in [3.05, 3.63) is 22.4 Å². The molecule has 2 aliphatic rings. The number of carbonyl (C=O) groups is 1. The maximum Gasteiger partial charge on any atom is 0.243 e. The maximum absolute atomic E-state index is 11.9. The van der Waals surface area contributed by atoms with E-state index in [4.69, 9.17) is 0 Å². The van der Waals surface area contributed by atoms with Gasteiger partial charge in [-0.15, -0.1) is 35.3 Å². The molecule has 1 aromatic heterocycles. The maximum atomic E-state index is 11.9. The molecule has 0 aliphatic heterocycles. The molecular formula is C19H31IN4OS. The van der Waals surface area contributed by atoms with Crippen LogP contribution in [0.5, 0.6) is 0 Å². The van der Waals surface area contributed by atoms with E-state index in [9.17, 15) is 4.79 Å². The van der Waals surface area contributed by atoms with E-state index in [1.54, 1.807) is 30.3 Å². The number of nitrogens with one attached hydrogen (secondary N) is 2. The van der Waals surface area contributed by atoms with Crippen LogP contribution in [-0.2, 0) is 11.3 Å². The van der Waals surface area contributed by atoms with Gasteiger partial charge in [-0.05, 0) is 42.5 Å². The summed E-state index contributed by atoms with van der Waals surface area (Å²) in [6.07, 6.45) is 7.99. The number of rotatable bonds is 5. The summed E-state index contributed by atoms with van der Waals surface area (Å²) in [5.41, 5.74) is 0. The Morgan fingerprint density at radius 2 is 2.08 bits per heavy atom. The fraction of sp³-hybridized carbons (Fsp3) is 0.684. The first kappa shape index (κ1) is 21.5. The van der Waals surface area contributed by atoms with Gasteiger partial charge in [-0.1, -0.05) is 25.3 Å². The smallest absolute Gasteiger partial charge is 0.243 e. The van der Waals surface area contributed by atoms with Crippen molar-refractivity contribution in [3.8, 4) is 0 Å². The number of nitrogens with zero attached hydrogens (tertiary/aromatic N) is 2. The third-order valence-electron chi connectivity index (χ3n) is 5.51. The normalized spacial score (nSPS) is 25.2. The van der Waals surface area contributed by atoms with E-state index in [0.29, 0.717) is 6.04 Å². The Hall–Kier alpha value is -0.830. The number of halogens is 1. The topological polar surface area (TPSA) is 56.7 Å². The Morgan fingerprint density at radius 3 is 2.81 bits per heavy atom. The lowest BCUT2D eigenvalue weighted by atomic mass is 9.79. The van der Waals surface area contributed by atoms with Gasteiger partial charge in [0.2, 0.25) is 5.91 Å². The molecule has 2 fully saturated rings. The molecule has 3 unspecified atom stereocenters. The number of hydrogen-bond acceptors (Lipinski definition) is 3. The molecule has 0 spiro atoms. The number of carbonyl (C=O) groups excluding carboxylic acids is 1. The standard InChI is InChI=1S/C19H30N4OS.HI/c1-23(2)18(24)13-21-19(20-12-17-7-4-10-25-17)22-16-9-8-14-5-3-6-15(14)11-16;/h4,7,10,14-16H,3,5-6,8-9,11-13H2,1-2H3,(H2,20,21,22);1H. The van der Waals surface area contributed by atoms with Gasteiger partial charge >= 0.3 is 0 Å². The zero-order valence-electron chi connectivity index (χ0n) is 15.7. The molecule has 5 nitrogen and oxygen atoms in total. The number of thiophene rings is 1. The molecule has 7 heteroatoms. The molecule has 2 saturated carbocycles. The summed E-state index contributed by atoms with van der Waals surface area (Å²) in [6, 6.07) is 4.65. The number of aliphatic imine (C=N–C) groups is 1. The summed E-state index contributed by atoms with van der Waals surface area (Å²) < 4.78 is 0. The molecule has 0 saturated heterocycles. The number of amides is 1. The van der Waals surface area contributed by atoms with Crippen LogP contribution in [0.3, 0.4) is 0 Å². The molecule has 1 amide bonds. The summed E-state index contributed by atoms with van der Waals surface area (Å²) >= 11 is 1.73. The predicted octanol–water partition coefficient (Wildman–Crippen LogP) is 3.46. The Balaban J connectivity index is 0.00000243. The molecule has 0 radical (unpaired) electrons. The van der Waals surface area contributed by atoms with Crippen LogP contribution in [-0.4, -0.2) is 43.4 Å². The summed E-state index contributed by atoms with van der Waals surface area (Å²) in [4.78, 5) is 19.3. The first-order valence-corrected chi connectivity index (χ1v) is 10.3. The van der Waals surface area contributed by atoms with Crippen molar-refractivity contribution in [2.24, 2.45) is 16.8 Å². The van der Waals surface area contributed by atoms with E-state index >= 15 is 0 Å². The van der Waals surface area contributed by atoms with Gasteiger partial charge in [0.25, 0.3) is 0 Å². The van der Waals surface area contributed by atoms with Crippen LogP contribution in [0.15, 0.2) is 22.5 Å². The number of likely N-dealkylation sites (N-methyl/N-ethyl adjacent to an activating group) is 1. The van der Waals surface area contributed by atoms with Crippen LogP contribution < -0.4 is 10.6 Å². The molecule has 2 N–H and O–H groups in total. The second-order valence-corrected chi connectivity index (χ2v) is 8.52. The van der Waals surface area contributed by atoms with Crippen molar-refractivity contribution < 1.29 is 4.79 Å². The van der Waals surface area contributed by atoms with Crippen LogP contribution in [0, 0.1) is 11.8 Å². The zero-order chi connectivity index (χ0) is 17.6. The van der Waals surface area contributed by atoms with Crippen LogP contribution in [0.2, 0.25) is 0 Å². The van der Waals surface area contributed by atoms with Crippen LogP contribution in [0.4, 0.5) is 0 Å². The fourth-order valence-electron chi connectivity index (χ4n) is 4.05. The lowest BCUT2D eigenvalue weighted by Crippen LogP contribution is -2.46. The number of hydrogen-bond donors (Lipinski definition) is 2. The highest BCUT2D eigenvalue weighted by Gasteiger charge is 2.33. The van der Waals surface area contributed by atoms with Gasteiger partial charge in [0.15, 0.2) is 5.96 Å². The lowest BCUT2D eigenvalue weighted by Gasteiger charge is -2.33. The molecular weight excluding hydrogens is 459 g/mol. The highest BCUT2D eigenvalue weighted by Crippen LogP contribution is 2.41. The minimum atomic E-state index is 0. The number of fused-ring (bicyclic) bond motifs is 1. The van der Waals surface area contributed by atoms with Crippen molar-refractivity contribution >= 4 is 47.2 Å². The Morgan fingerprint density at radius 1 is 1.27 bits per heavy atom.